The number of ketones is 1. The van der Waals surface area contributed by atoms with Crippen molar-refractivity contribution in [3.05, 3.63) is 70.8 Å². The average molecular weight is 381 g/mol. The molecular weight excluding hydrogens is 354 g/mol. The Morgan fingerprint density at radius 2 is 1.61 bits per heavy atom. The fourth-order valence-corrected chi connectivity index (χ4v) is 2.86. The van der Waals surface area contributed by atoms with E-state index in [2.05, 4.69) is 23.5 Å². The number of allylic oxidation sites excluding steroid dienone is 1. The van der Waals surface area contributed by atoms with E-state index in [1.165, 1.54) is 13.2 Å². The molecule has 0 saturated heterocycles. The highest BCUT2D eigenvalue weighted by Crippen LogP contribution is 2.22. The predicted molar refractivity (Wildman–Crippen MR) is 111 cm³/mol. The molecule has 2 aromatic rings. The topological polar surface area (TPSA) is 55.8 Å². The Morgan fingerprint density at radius 1 is 0.964 bits per heavy atom. The van der Waals surface area contributed by atoms with Crippen molar-refractivity contribution in [2.75, 3.05) is 27.3 Å². The lowest BCUT2D eigenvalue weighted by molar-refractivity contribution is 0.0600. The highest BCUT2D eigenvalue weighted by atomic mass is 16.5. The van der Waals surface area contributed by atoms with E-state index in [0.29, 0.717) is 11.1 Å². The zero-order chi connectivity index (χ0) is 20.5. The van der Waals surface area contributed by atoms with Crippen LogP contribution in [-0.2, 0) is 11.3 Å². The number of hydrogen-bond acceptors (Lipinski definition) is 5. The van der Waals surface area contributed by atoms with E-state index >= 15 is 0 Å². The van der Waals surface area contributed by atoms with Crippen LogP contribution in [0, 0.1) is 0 Å². The van der Waals surface area contributed by atoms with E-state index in [0.717, 1.165) is 36.5 Å². The third kappa shape index (κ3) is 5.54. The molecule has 0 heterocycles. The summed E-state index contributed by atoms with van der Waals surface area (Å²) >= 11 is 0. The Hall–Kier alpha value is -2.92. The molecule has 0 aliphatic rings. The van der Waals surface area contributed by atoms with Crippen LogP contribution in [0.3, 0.4) is 0 Å². The van der Waals surface area contributed by atoms with Crippen LogP contribution in [0.1, 0.15) is 45.7 Å². The van der Waals surface area contributed by atoms with Crippen molar-refractivity contribution in [2.45, 2.75) is 20.4 Å². The number of ether oxygens (including phenoxy) is 2. The minimum Gasteiger partial charge on any atom is -0.496 e. The second kappa shape index (κ2) is 10.4. The summed E-state index contributed by atoms with van der Waals surface area (Å²) in [6.07, 6.45) is 3.27. The number of carbonyl (C=O) groups is 2. The van der Waals surface area contributed by atoms with Gasteiger partial charge in [0, 0.05) is 17.7 Å². The SMILES string of the molecule is CCN(CC)Cc1cc(C(=O)/C=C/c2ccc(C(=O)OC)cc2)ccc1OC. The van der Waals surface area contributed by atoms with Gasteiger partial charge in [-0.1, -0.05) is 32.1 Å². The molecule has 0 atom stereocenters. The third-order valence-electron chi connectivity index (χ3n) is 4.61. The molecule has 148 valence electrons. The van der Waals surface area contributed by atoms with Crippen molar-refractivity contribution >= 4 is 17.8 Å². The minimum atomic E-state index is -0.384. The van der Waals surface area contributed by atoms with Gasteiger partial charge < -0.3 is 9.47 Å². The fourth-order valence-electron chi connectivity index (χ4n) is 2.86. The molecule has 0 radical (unpaired) electrons. The second-order valence-corrected chi connectivity index (χ2v) is 6.30. The Morgan fingerprint density at radius 3 is 2.18 bits per heavy atom. The van der Waals surface area contributed by atoms with Crippen LogP contribution in [-0.4, -0.2) is 44.0 Å². The quantitative estimate of drug-likeness (QED) is 0.370. The number of rotatable bonds is 9. The normalized spacial score (nSPS) is 11.0. The van der Waals surface area contributed by atoms with Crippen molar-refractivity contribution in [2.24, 2.45) is 0 Å². The summed E-state index contributed by atoms with van der Waals surface area (Å²) in [6.45, 7) is 6.81. The van der Waals surface area contributed by atoms with Gasteiger partial charge in [-0.3, -0.25) is 9.69 Å². The molecule has 0 fully saturated rings. The van der Waals surface area contributed by atoms with Gasteiger partial charge in [0.05, 0.1) is 19.8 Å². The maximum Gasteiger partial charge on any atom is 0.337 e. The molecule has 0 bridgehead atoms. The van der Waals surface area contributed by atoms with Gasteiger partial charge in [-0.05, 0) is 55.1 Å². The Bertz CT molecular complexity index is 836. The predicted octanol–water partition coefficient (Wildman–Crippen LogP) is 4.22. The van der Waals surface area contributed by atoms with E-state index in [4.69, 9.17) is 4.74 Å². The molecule has 5 heteroatoms. The zero-order valence-corrected chi connectivity index (χ0v) is 16.9. The first-order chi connectivity index (χ1) is 13.5. The summed E-state index contributed by atoms with van der Waals surface area (Å²) in [5.74, 6) is 0.317. The number of nitrogens with zero attached hydrogens (tertiary/aromatic N) is 1. The van der Waals surface area contributed by atoms with Gasteiger partial charge in [-0.25, -0.2) is 4.79 Å². The van der Waals surface area contributed by atoms with Gasteiger partial charge in [-0.15, -0.1) is 0 Å². The molecule has 0 unspecified atom stereocenters. The summed E-state index contributed by atoms with van der Waals surface area (Å²) in [5.41, 5.74) is 2.92. The number of esters is 1. The van der Waals surface area contributed by atoms with Gasteiger partial charge in [-0.2, -0.15) is 0 Å². The second-order valence-electron chi connectivity index (χ2n) is 6.30. The maximum absolute atomic E-state index is 12.6. The number of methoxy groups -OCH3 is 2. The number of benzene rings is 2. The van der Waals surface area contributed by atoms with Crippen LogP contribution in [0.25, 0.3) is 6.08 Å². The van der Waals surface area contributed by atoms with Crippen LogP contribution in [0.4, 0.5) is 0 Å². The van der Waals surface area contributed by atoms with E-state index in [-0.39, 0.29) is 11.8 Å². The molecule has 0 aliphatic carbocycles. The monoisotopic (exact) mass is 381 g/mol. The van der Waals surface area contributed by atoms with E-state index in [1.54, 1.807) is 43.5 Å². The highest BCUT2D eigenvalue weighted by molar-refractivity contribution is 6.07. The van der Waals surface area contributed by atoms with Crippen molar-refractivity contribution in [1.29, 1.82) is 0 Å². The summed E-state index contributed by atoms with van der Waals surface area (Å²) in [4.78, 5) is 26.3. The molecule has 0 aromatic heterocycles. The molecule has 0 saturated carbocycles. The molecule has 0 N–H and O–H groups in total. The largest absolute Gasteiger partial charge is 0.496 e. The molecule has 0 aliphatic heterocycles. The van der Waals surface area contributed by atoms with Crippen LogP contribution < -0.4 is 4.74 Å². The fraction of sp³-hybridized carbons (Fsp3) is 0.304. The van der Waals surface area contributed by atoms with Gasteiger partial charge >= 0.3 is 5.97 Å². The standard InChI is InChI=1S/C23H27NO4/c1-5-24(6-2)16-20-15-19(12-14-22(20)27-3)21(25)13-9-17-7-10-18(11-8-17)23(26)28-4/h7-15H,5-6,16H2,1-4H3/b13-9+. The molecule has 5 nitrogen and oxygen atoms in total. The molecule has 0 amide bonds. The van der Waals surface area contributed by atoms with Crippen LogP contribution >= 0.6 is 0 Å². The van der Waals surface area contributed by atoms with Gasteiger partial charge in [0.25, 0.3) is 0 Å². The zero-order valence-electron chi connectivity index (χ0n) is 16.9. The molecule has 28 heavy (non-hydrogen) atoms. The van der Waals surface area contributed by atoms with Crippen molar-refractivity contribution in [3.8, 4) is 5.75 Å². The molecule has 0 spiro atoms. The first-order valence-corrected chi connectivity index (χ1v) is 9.32. The summed E-state index contributed by atoms with van der Waals surface area (Å²) in [5, 5.41) is 0. The van der Waals surface area contributed by atoms with Crippen molar-refractivity contribution < 1.29 is 19.1 Å². The van der Waals surface area contributed by atoms with Gasteiger partial charge in [0.15, 0.2) is 5.78 Å². The van der Waals surface area contributed by atoms with Crippen molar-refractivity contribution in [3.63, 3.8) is 0 Å². The lowest BCUT2D eigenvalue weighted by atomic mass is 10.0. The Balaban J connectivity index is 2.17. The first-order valence-electron chi connectivity index (χ1n) is 9.32. The molecular formula is C23H27NO4. The van der Waals surface area contributed by atoms with E-state index in [9.17, 15) is 9.59 Å². The smallest absolute Gasteiger partial charge is 0.337 e. The lowest BCUT2D eigenvalue weighted by Crippen LogP contribution is -2.22. The van der Waals surface area contributed by atoms with Crippen LogP contribution in [0.2, 0.25) is 0 Å². The summed E-state index contributed by atoms with van der Waals surface area (Å²) in [7, 11) is 2.98. The van der Waals surface area contributed by atoms with E-state index in [1.807, 2.05) is 12.1 Å². The highest BCUT2D eigenvalue weighted by Gasteiger charge is 2.11. The minimum absolute atomic E-state index is 0.0829. The Labute approximate surface area is 166 Å². The van der Waals surface area contributed by atoms with E-state index < -0.39 is 0 Å². The molecule has 2 aromatic carbocycles. The average Bonchev–Trinajstić information content (AvgIpc) is 2.75. The maximum atomic E-state index is 12.6. The molecule has 2 rings (SSSR count). The lowest BCUT2D eigenvalue weighted by Gasteiger charge is -2.20. The van der Waals surface area contributed by atoms with Gasteiger partial charge in [0.2, 0.25) is 0 Å². The Kier molecular flexibility index (Phi) is 7.96. The number of hydrogen-bond donors (Lipinski definition) is 0. The first kappa shape index (κ1) is 21.4. The van der Waals surface area contributed by atoms with Crippen molar-refractivity contribution in [1.82, 2.24) is 4.90 Å². The van der Waals surface area contributed by atoms with Gasteiger partial charge in [0.1, 0.15) is 5.75 Å². The number of carbonyl (C=O) groups excluding carboxylic acids is 2. The van der Waals surface area contributed by atoms with Crippen LogP contribution in [0.5, 0.6) is 5.75 Å². The third-order valence-corrected chi connectivity index (χ3v) is 4.61. The van der Waals surface area contributed by atoms with Crippen LogP contribution in [0.15, 0.2) is 48.5 Å². The summed E-state index contributed by atoms with van der Waals surface area (Å²) in [6, 6.07) is 12.4. The summed E-state index contributed by atoms with van der Waals surface area (Å²) < 4.78 is 10.1.